The molecule has 26 nitrogen and oxygen atoms in total. The first kappa shape index (κ1) is 73.1. The summed E-state index contributed by atoms with van der Waals surface area (Å²) in [5.74, 6) is -8.62. The number of hydrogen-bond acceptors (Lipinski definition) is 14. The number of unbranched alkanes of at least 4 members (excludes halogenated alkanes) is 12. The summed E-state index contributed by atoms with van der Waals surface area (Å²) < 4.78 is 0. The van der Waals surface area contributed by atoms with Gasteiger partial charge in [0.2, 0.25) is 47.3 Å². The minimum Gasteiger partial charge on any atom is -0.394 e. The van der Waals surface area contributed by atoms with Gasteiger partial charge in [-0.1, -0.05) is 128 Å². The number of aliphatic hydroxyl groups excluding tert-OH is 3. The van der Waals surface area contributed by atoms with Crippen LogP contribution in [0.15, 0.2) is 30.3 Å². The lowest BCUT2D eigenvalue weighted by atomic mass is 9.99. The molecule has 9 atom stereocenters. The van der Waals surface area contributed by atoms with E-state index in [9.17, 15) is 58.5 Å². The molecule has 0 heterocycles. The fourth-order valence-corrected chi connectivity index (χ4v) is 8.54. The third kappa shape index (κ3) is 31.3. The maximum Gasteiger partial charge on any atom is 0.245 e. The standard InChI is InChI=1S/C56H98N14O12/c1-7-8-9-10-11-12-13-14-15-16-17-18-22-29-45(75)69-47(38(6)74)54(82)70-46(35(2)3)53(81)66-42(32-39-25-20-19-21-26-39)50(78)64-41(28-24-31-62-56(59)60)49(77)67-44(34-72)52(80)68-43(33-71)51(79)65-40(27-23-30-61-55(57)58)48(76)63-36(4)37(5)73/h19-21,25-26,35-36,38,40-44,46-47,71-72,74H,7-18,22-24,27-34H2,1-6H3,(H,63,76)(H,64,78)(H,65,79)(H,66,81)(H,67,77)(H,68,80)(H,69,75)(H,70,82)(H4,57,58,61)(H4,59,60,62)/t36-,38+,40-,41-,42-,43-,44-,46-,47-/m0/s1. The quantitative estimate of drug-likeness (QED) is 0.0227. The molecule has 0 spiro atoms. The number of aliphatic hydroxyl groups is 3. The molecule has 0 saturated heterocycles. The Hall–Kier alpha value is -6.93. The van der Waals surface area contributed by atoms with Crippen LogP contribution in [0.3, 0.4) is 0 Å². The van der Waals surface area contributed by atoms with Crippen LogP contribution in [-0.4, -0.2) is 161 Å². The fraction of sp³-hybridized carbons (Fsp3) is 0.696. The van der Waals surface area contributed by atoms with E-state index in [1.807, 2.05) is 0 Å². The van der Waals surface area contributed by atoms with E-state index in [4.69, 9.17) is 22.3 Å². The van der Waals surface area contributed by atoms with Gasteiger partial charge < -0.3 is 80.0 Å². The number of rotatable bonds is 44. The summed E-state index contributed by atoms with van der Waals surface area (Å²) >= 11 is 0. The van der Waals surface area contributed by atoms with Crippen LogP contribution < -0.4 is 64.6 Å². The van der Waals surface area contributed by atoms with Crippen molar-refractivity contribution in [3.8, 4) is 0 Å². The third-order valence-electron chi connectivity index (χ3n) is 13.6. The van der Waals surface area contributed by atoms with Crippen molar-refractivity contribution in [1.29, 1.82) is 10.8 Å². The zero-order chi connectivity index (χ0) is 61.6. The molecule has 1 aromatic carbocycles. The molecule has 0 aliphatic rings. The molecule has 0 unspecified atom stereocenters. The molecule has 0 saturated carbocycles. The minimum absolute atomic E-state index is 0.0331. The number of guanidine groups is 2. The van der Waals surface area contributed by atoms with E-state index in [2.05, 4.69) is 60.1 Å². The lowest BCUT2D eigenvalue weighted by Crippen LogP contribution is -2.62. The van der Waals surface area contributed by atoms with E-state index < -0.39 is 121 Å². The number of carbonyl (C=O) groups excluding carboxylic acids is 9. The Morgan fingerprint density at radius 2 is 0.878 bits per heavy atom. The molecule has 464 valence electrons. The number of carbonyl (C=O) groups is 9. The van der Waals surface area contributed by atoms with Crippen molar-refractivity contribution >= 4 is 65.0 Å². The number of amides is 8. The van der Waals surface area contributed by atoms with Crippen LogP contribution in [0.1, 0.15) is 163 Å². The van der Waals surface area contributed by atoms with Gasteiger partial charge in [0.1, 0.15) is 42.3 Å². The molecule has 26 heteroatoms. The molecule has 82 heavy (non-hydrogen) atoms. The summed E-state index contributed by atoms with van der Waals surface area (Å²) in [4.78, 5) is 121. The van der Waals surface area contributed by atoms with Crippen LogP contribution in [0.25, 0.3) is 0 Å². The van der Waals surface area contributed by atoms with Crippen molar-refractivity contribution in [1.82, 2.24) is 53.2 Å². The SMILES string of the molecule is CCCCCCCCCCCCCCCC(=O)N[C@H](C(=O)N[C@H](C(=O)N[C@@H](Cc1ccccc1)C(=O)N[C@@H](CCCNC(=N)N)C(=O)N[C@@H](CO)C(=O)N[C@@H](CO)C(=O)N[C@@H](CCCNC(=N)N)C(=O)N[C@@H](C)C(C)=O)C(C)C)[C@@H](C)O. The first-order chi connectivity index (χ1) is 38.9. The van der Waals surface area contributed by atoms with Crippen LogP contribution in [0.5, 0.6) is 0 Å². The first-order valence-electron chi connectivity index (χ1n) is 29.0. The number of ketones is 1. The Bertz CT molecular complexity index is 2150. The van der Waals surface area contributed by atoms with Crippen LogP contribution in [0.4, 0.5) is 0 Å². The van der Waals surface area contributed by atoms with E-state index >= 15 is 0 Å². The zero-order valence-electron chi connectivity index (χ0n) is 49.1. The Balaban J connectivity index is 3.25. The second-order valence-electron chi connectivity index (χ2n) is 21.2. The lowest BCUT2D eigenvalue weighted by Gasteiger charge is -2.29. The maximum atomic E-state index is 14.4. The van der Waals surface area contributed by atoms with Crippen LogP contribution >= 0.6 is 0 Å². The van der Waals surface area contributed by atoms with Gasteiger partial charge in [0, 0.05) is 25.9 Å². The topological polar surface area (TPSA) is 434 Å². The molecule has 0 aliphatic carbocycles. The van der Waals surface area contributed by atoms with Crippen LogP contribution in [-0.2, 0) is 49.6 Å². The maximum absolute atomic E-state index is 14.4. The average molecular weight is 1160 g/mol. The second kappa shape index (κ2) is 42.0. The van der Waals surface area contributed by atoms with Gasteiger partial charge in [0.15, 0.2) is 17.7 Å². The summed E-state index contributed by atoms with van der Waals surface area (Å²) in [5, 5.41) is 71.2. The molecular formula is C56H98N14O12. The van der Waals surface area contributed by atoms with Gasteiger partial charge in [-0.05, 0) is 64.4 Å². The largest absolute Gasteiger partial charge is 0.394 e. The number of benzene rings is 1. The van der Waals surface area contributed by atoms with Crippen molar-refractivity contribution in [3.63, 3.8) is 0 Å². The minimum atomic E-state index is -1.79. The van der Waals surface area contributed by atoms with E-state index in [0.717, 1.165) is 25.7 Å². The monoisotopic (exact) mass is 1160 g/mol. The van der Waals surface area contributed by atoms with Gasteiger partial charge in [0.05, 0.1) is 25.4 Å². The molecule has 0 bridgehead atoms. The third-order valence-corrected chi connectivity index (χ3v) is 13.6. The molecule has 0 aliphatic heterocycles. The summed E-state index contributed by atoms with van der Waals surface area (Å²) in [7, 11) is 0. The molecule has 19 N–H and O–H groups in total. The number of nitrogens with one attached hydrogen (secondary N) is 12. The van der Waals surface area contributed by atoms with E-state index in [-0.39, 0.29) is 69.3 Å². The van der Waals surface area contributed by atoms with Crippen molar-refractivity contribution in [2.75, 3.05) is 26.3 Å². The summed E-state index contributed by atoms with van der Waals surface area (Å²) in [6.45, 7) is 7.66. The smallest absolute Gasteiger partial charge is 0.245 e. The molecule has 0 fully saturated rings. The molecule has 1 aromatic rings. The Labute approximate surface area is 483 Å². The van der Waals surface area contributed by atoms with Gasteiger partial charge in [-0.15, -0.1) is 0 Å². The van der Waals surface area contributed by atoms with Crippen molar-refractivity contribution < 1.29 is 58.5 Å². The predicted octanol–water partition coefficient (Wildman–Crippen LogP) is -0.254. The average Bonchev–Trinajstić information content (AvgIpc) is 3.43. The predicted molar refractivity (Wildman–Crippen MR) is 311 cm³/mol. The highest BCUT2D eigenvalue weighted by molar-refractivity contribution is 5.98. The Morgan fingerprint density at radius 3 is 1.29 bits per heavy atom. The Kier molecular flexibility index (Phi) is 37.4. The van der Waals surface area contributed by atoms with Gasteiger partial charge in [-0.25, -0.2) is 0 Å². The van der Waals surface area contributed by atoms with Crippen molar-refractivity contribution in [2.45, 2.75) is 218 Å². The first-order valence-corrected chi connectivity index (χ1v) is 29.0. The highest BCUT2D eigenvalue weighted by atomic mass is 16.3. The van der Waals surface area contributed by atoms with Gasteiger partial charge in [0.25, 0.3) is 0 Å². The number of hydrogen-bond donors (Lipinski definition) is 17. The van der Waals surface area contributed by atoms with E-state index in [1.54, 1.807) is 44.2 Å². The van der Waals surface area contributed by atoms with Crippen molar-refractivity contribution in [3.05, 3.63) is 35.9 Å². The Morgan fingerprint density at radius 1 is 0.488 bits per heavy atom. The molecule has 0 aromatic heterocycles. The summed E-state index contributed by atoms with van der Waals surface area (Å²) in [6, 6.07) is -2.79. The van der Waals surface area contributed by atoms with Crippen LogP contribution in [0, 0.1) is 16.7 Å². The lowest BCUT2D eigenvalue weighted by molar-refractivity contribution is -0.137. The highest BCUT2D eigenvalue weighted by Crippen LogP contribution is 2.14. The van der Waals surface area contributed by atoms with Crippen LogP contribution in [0.2, 0.25) is 0 Å². The summed E-state index contributed by atoms with van der Waals surface area (Å²) in [6.07, 6.45) is 13.5. The van der Waals surface area contributed by atoms with Gasteiger partial charge >= 0.3 is 0 Å². The van der Waals surface area contributed by atoms with Gasteiger partial charge in [-0.3, -0.25) is 54.0 Å². The van der Waals surface area contributed by atoms with Gasteiger partial charge in [-0.2, -0.15) is 0 Å². The molecule has 1 rings (SSSR count). The fourth-order valence-electron chi connectivity index (χ4n) is 8.54. The normalized spacial score (nSPS) is 14.4. The van der Waals surface area contributed by atoms with Crippen molar-refractivity contribution in [2.24, 2.45) is 17.4 Å². The second-order valence-corrected chi connectivity index (χ2v) is 21.2. The molecular weight excluding hydrogens is 1060 g/mol. The zero-order valence-corrected chi connectivity index (χ0v) is 49.1. The highest BCUT2D eigenvalue weighted by Gasteiger charge is 2.36. The number of Topliss-reactive ketones (excluding diaryl/α,β-unsaturated/α-hetero) is 1. The van der Waals surface area contributed by atoms with E-state index in [0.29, 0.717) is 12.0 Å². The van der Waals surface area contributed by atoms with E-state index in [1.165, 1.54) is 72.1 Å². The molecule has 8 amide bonds. The summed E-state index contributed by atoms with van der Waals surface area (Å²) in [5.41, 5.74) is 11.4. The number of nitrogens with two attached hydrogens (primary N) is 2. The molecule has 0 radical (unpaired) electrons.